The number of imidazole rings is 2. The first-order valence-corrected chi connectivity index (χ1v) is 30.1. The molecular weight excluding hydrogens is 1130 g/mol. The second kappa shape index (κ2) is 24.1. The van der Waals surface area contributed by atoms with Gasteiger partial charge in [0.2, 0.25) is 23.7 Å². The number of fused-ring (bicyclic) bond motifs is 5. The lowest BCUT2D eigenvalue weighted by atomic mass is 9.98. The summed E-state index contributed by atoms with van der Waals surface area (Å²) in [5, 5.41) is 19.9. The van der Waals surface area contributed by atoms with Gasteiger partial charge in [-0.1, -0.05) is 32.4 Å². The van der Waals surface area contributed by atoms with E-state index in [0.29, 0.717) is 41.9 Å². The Balaban J connectivity index is 0.894. The zero-order valence-corrected chi connectivity index (χ0v) is 46.8. The number of amides is 5. The fourth-order valence-electron chi connectivity index (χ4n) is 9.45. The van der Waals surface area contributed by atoms with Crippen molar-refractivity contribution >= 4 is 95.3 Å². The van der Waals surface area contributed by atoms with Gasteiger partial charge in [0.1, 0.15) is 60.0 Å². The molecule has 0 aliphatic carbocycles. The van der Waals surface area contributed by atoms with Crippen LogP contribution in [0.2, 0.25) is 0 Å². The standard InChI is InChI=1S/C47H60N14O17P2S/c1-23(2)31(56-28(62)9-7-6-8-16-59-29(63)14-15-30(59)64)42(67)54-24(3)41(66)55-26-12-10-25(11-13-26)18-81-80(71)73-17-27-34(65)35(44(75-27)61-22-53-33-40(61)57-46(49)58-43(33)68)77-79(69,70)74-19-47(4)37(78-80)36(72-5)45(76-47)60-21-52-32-38(48)50-20-51-39(32)60/h10-15,20-24,27,31,34-37,44-45,65H,6-9,16-19H2,1-5H3,(H,54,67)(H,55,66)(H,56,62)(H,69,70)(H2,48,50,51)(H3,49,57,58,68)/t24-,27?,31-,34+,35+,36+,37-,44+,45+,47+,80-/m0/s1. The van der Waals surface area contributed by atoms with Crippen LogP contribution >= 0.6 is 26.0 Å². The number of rotatable bonds is 18. The molecule has 31 nitrogen and oxygen atoms in total. The molecule has 12 atom stereocenters. The fourth-order valence-corrected chi connectivity index (χ4v) is 13.9. The molecule has 2 unspecified atom stereocenters. The largest absolute Gasteiger partial charge is 0.472 e. The number of anilines is 3. The van der Waals surface area contributed by atoms with E-state index in [0.717, 1.165) is 15.8 Å². The van der Waals surface area contributed by atoms with Crippen LogP contribution in [-0.4, -0.2) is 159 Å². The Kier molecular flexibility index (Phi) is 17.6. The normalized spacial score (nSPS) is 28.6. The lowest BCUT2D eigenvalue weighted by Crippen LogP contribution is -2.53. The third kappa shape index (κ3) is 12.9. The Bertz CT molecular complexity index is 3380. The Hall–Kier alpha value is -6.54. The molecule has 4 aromatic heterocycles. The molecule has 9 rings (SSSR count). The Morgan fingerprint density at radius 3 is 2.32 bits per heavy atom. The van der Waals surface area contributed by atoms with Gasteiger partial charge in [0.15, 0.2) is 35.1 Å². The minimum Gasteiger partial charge on any atom is -0.387 e. The van der Waals surface area contributed by atoms with Gasteiger partial charge in [0.05, 0.1) is 25.9 Å². The van der Waals surface area contributed by atoms with E-state index in [9.17, 15) is 43.3 Å². The van der Waals surface area contributed by atoms with E-state index < -0.39 is 106 Å². The minimum absolute atomic E-state index is 0.0566. The highest BCUT2D eigenvalue weighted by molar-refractivity contribution is 8.54. The number of phosphoric ester groups is 1. The van der Waals surface area contributed by atoms with Crippen LogP contribution in [0.25, 0.3) is 22.3 Å². The zero-order valence-electron chi connectivity index (χ0n) is 44.2. The molecule has 3 fully saturated rings. The molecule has 3 saturated heterocycles. The van der Waals surface area contributed by atoms with Crippen molar-refractivity contribution in [2.75, 3.05) is 43.7 Å². The molecule has 0 radical (unpaired) electrons. The van der Waals surface area contributed by atoms with Crippen LogP contribution in [0.1, 0.15) is 71.4 Å². The lowest BCUT2D eigenvalue weighted by molar-refractivity contribution is -0.137. The molecule has 436 valence electrons. The first kappa shape index (κ1) is 59.1. The van der Waals surface area contributed by atoms with Crippen molar-refractivity contribution in [2.45, 2.75) is 120 Å². The van der Waals surface area contributed by atoms with Gasteiger partial charge in [-0.05, 0) is 61.7 Å². The topological polar surface area (TPSA) is 423 Å². The van der Waals surface area contributed by atoms with Gasteiger partial charge in [-0.15, -0.1) is 0 Å². The number of phosphoric acid groups is 1. The van der Waals surface area contributed by atoms with Crippen LogP contribution < -0.4 is 33.0 Å². The highest BCUT2D eigenvalue weighted by Gasteiger charge is 2.59. The molecular formula is C47H60N14O17P2S. The Labute approximate surface area is 464 Å². The molecule has 0 saturated carbocycles. The third-order valence-corrected chi connectivity index (χ3v) is 18.4. The summed E-state index contributed by atoms with van der Waals surface area (Å²) < 4.78 is 74.7. The summed E-state index contributed by atoms with van der Waals surface area (Å²) in [6.45, 7) is 0.617. The van der Waals surface area contributed by atoms with Crippen LogP contribution in [0, 0.1) is 5.92 Å². The van der Waals surface area contributed by atoms with Gasteiger partial charge in [0, 0.05) is 43.7 Å². The van der Waals surface area contributed by atoms with E-state index in [2.05, 4.69) is 45.9 Å². The number of aliphatic hydroxyl groups excluding tert-OH is 1. The van der Waals surface area contributed by atoms with Gasteiger partial charge in [0.25, 0.3) is 17.4 Å². The second-order valence-corrected chi connectivity index (χ2v) is 25.4. The molecule has 0 spiro atoms. The lowest BCUT2D eigenvalue weighted by Gasteiger charge is -2.33. The van der Waals surface area contributed by atoms with Gasteiger partial charge in [-0.2, -0.15) is 4.98 Å². The quantitative estimate of drug-likeness (QED) is 0.0352. The number of hydrogen-bond acceptors (Lipinski definition) is 24. The number of unbranched alkanes of at least 4 members (excludes halogenated alkanes) is 2. The average molecular weight is 1190 g/mol. The van der Waals surface area contributed by atoms with Gasteiger partial charge in [-0.3, -0.25) is 65.9 Å². The van der Waals surface area contributed by atoms with Gasteiger partial charge in [-0.25, -0.2) is 29.1 Å². The summed E-state index contributed by atoms with van der Waals surface area (Å²) in [4.78, 5) is 112. The van der Waals surface area contributed by atoms with Crippen LogP contribution in [-0.2, 0) is 71.2 Å². The van der Waals surface area contributed by atoms with Crippen molar-refractivity contribution in [3.05, 3.63) is 71.3 Å². The number of imide groups is 1. The van der Waals surface area contributed by atoms with Crippen molar-refractivity contribution < 1.29 is 75.4 Å². The average Bonchev–Trinajstić information content (AvgIpc) is 3.51. The third-order valence-electron chi connectivity index (χ3n) is 13.8. The van der Waals surface area contributed by atoms with Crippen LogP contribution in [0.3, 0.4) is 0 Å². The molecule has 10 N–H and O–H groups in total. The van der Waals surface area contributed by atoms with Crippen LogP contribution in [0.5, 0.6) is 0 Å². The van der Waals surface area contributed by atoms with Crippen LogP contribution in [0.4, 0.5) is 17.5 Å². The number of nitrogens with one attached hydrogen (secondary N) is 4. The smallest absolute Gasteiger partial charge is 0.387 e. The number of benzene rings is 1. The highest BCUT2D eigenvalue weighted by atomic mass is 32.7. The predicted octanol–water partition coefficient (Wildman–Crippen LogP) is 1.71. The number of hydrogen-bond donors (Lipinski definition) is 8. The van der Waals surface area contributed by atoms with Gasteiger partial charge >= 0.3 is 14.6 Å². The monoisotopic (exact) mass is 1190 g/mol. The first-order valence-electron chi connectivity index (χ1n) is 25.4. The minimum atomic E-state index is -5.24. The zero-order chi connectivity index (χ0) is 58.1. The van der Waals surface area contributed by atoms with Crippen molar-refractivity contribution in [2.24, 2.45) is 5.92 Å². The summed E-state index contributed by atoms with van der Waals surface area (Å²) in [5.74, 6) is -2.90. The number of ether oxygens (including phenoxy) is 3. The maximum atomic E-state index is 15.5. The second-order valence-electron chi connectivity index (χ2n) is 20.0. The number of methoxy groups -OCH3 is 1. The van der Waals surface area contributed by atoms with E-state index in [1.807, 2.05) is 0 Å². The van der Waals surface area contributed by atoms with Crippen LogP contribution in [0.15, 0.2) is 60.2 Å². The Morgan fingerprint density at radius 2 is 1.62 bits per heavy atom. The highest BCUT2D eigenvalue weighted by Crippen LogP contribution is 2.65. The molecule has 1 aromatic carbocycles. The molecule has 4 aliphatic rings. The van der Waals surface area contributed by atoms with Crippen molar-refractivity contribution in [3.63, 3.8) is 0 Å². The number of H-pyrrole nitrogens is 1. The van der Waals surface area contributed by atoms with E-state index in [1.165, 1.54) is 50.3 Å². The van der Waals surface area contributed by atoms with Gasteiger partial charge < -0.3 is 51.6 Å². The molecule has 8 heterocycles. The summed E-state index contributed by atoms with van der Waals surface area (Å²) >= 11 is 0.716. The number of nitrogens with zero attached hydrogens (tertiary/aromatic N) is 8. The molecule has 34 heteroatoms. The predicted molar refractivity (Wildman–Crippen MR) is 286 cm³/mol. The SMILES string of the molecule is CO[C@H]1[C@H](n2cnc3c(N)ncnc32)O[C@]2(C)COP(=O)(O)O[C@@H]3[C@H](O)C(CO[P@](=O)(SCc4ccc(NC(=O)[C@H](C)NC(=O)[C@@H](NC(=O)CCCCCN5C(=O)C=CC5=O)C(C)C)cc4)O[C@@H]12)O[C@H]3n1cnc2c(=O)[nH]c(N)nc21. The molecule has 2 bridgehead atoms. The van der Waals surface area contributed by atoms with E-state index >= 15 is 4.57 Å². The summed E-state index contributed by atoms with van der Waals surface area (Å²) in [5.41, 5.74) is 10.4. The fraction of sp³-hybridized carbons (Fsp3) is 0.511. The van der Waals surface area contributed by atoms with E-state index in [1.54, 1.807) is 38.1 Å². The number of nitrogen functional groups attached to an aromatic ring is 2. The number of aromatic amines is 1. The first-order chi connectivity index (χ1) is 38.5. The van der Waals surface area contributed by atoms with E-state index in [-0.39, 0.29) is 76.5 Å². The summed E-state index contributed by atoms with van der Waals surface area (Å²) in [6, 6.07) is 4.40. The summed E-state index contributed by atoms with van der Waals surface area (Å²) in [6.07, 6.45) is -2.61. The summed E-state index contributed by atoms with van der Waals surface area (Å²) in [7, 11) is -3.91. The number of aliphatic hydroxyl groups is 1. The molecule has 5 aromatic rings. The van der Waals surface area contributed by atoms with Crippen molar-refractivity contribution in [1.29, 1.82) is 0 Å². The van der Waals surface area contributed by atoms with Crippen molar-refractivity contribution in [1.82, 2.24) is 54.6 Å². The van der Waals surface area contributed by atoms with E-state index in [4.69, 9.17) is 43.8 Å². The molecule has 81 heavy (non-hydrogen) atoms. The number of carbonyl (C=O) groups excluding carboxylic acids is 5. The number of carbonyl (C=O) groups is 5. The number of nitrogens with two attached hydrogens (primary N) is 2. The maximum absolute atomic E-state index is 15.5. The Morgan fingerprint density at radius 1 is 0.914 bits per heavy atom. The maximum Gasteiger partial charge on any atom is 0.472 e. The number of aromatic nitrogens is 8. The molecule has 4 aliphatic heterocycles. The van der Waals surface area contributed by atoms with Crippen molar-refractivity contribution in [3.8, 4) is 0 Å². The molecule has 5 amide bonds.